The van der Waals surface area contributed by atoms with E-state index in [-0.39, 0.29) is 5.56 Å². The molecule has 1 atom stereocenters. The molecule has 7 rings (SSSR count). The highest BCUT2D eigenvalue weighted by Crippen LogP contribution is 2.56. The summed E-state index contributed by atoms with van der Waals surface area (Å²) in [5.74, 6) is 0.849. The van der Waals surface area contributed by atoms with Crippen LogP contribution in [0.4, 0.5) is 0 Å². The molecule has 2 aromatic heterocycles. The second-order valence-electron chi connectivity index (χ2n) is 8.97. The van der Waals surface area contributed by atoms with Crippen molar-refractivity contribution in [3.63, 3.8) is 0 Å². The van der Waals surface area contributed by atoms with Gasteiger partial charge in [-0.1, -0.05) is 41.9 Å². The average Bonchev–Trinajstić information content (AvgIpc) is 3.35. The van der Waals surface area contributed by atoms with Crippen LogP contribution in [0.25, 0.3) is 27.7 Å². The number of benzene rings is 3. The largest absolute Gasteiger partial charge is 0.445 e. The van der Waals surface area contributed by atoms with Gasteiger partial charge in [-0.3, -0.25) is 9.36 Å². The summed E-state index contributed by atoms with van der Waals surface area (Å²) in [6.45, 7) is 1.85. The van der Waals surface area contributed by atoms with E-state index in [1.54, 1.807) is 10.6 Å². The highest BCUT2D eigenvalue weighted by Gasteiger charge is 2.56. The van der Waals surface area contributed by atoms with Crippen LogP contribution >= 0.6 is 27.7 Å². The molecule has 2 aliphatic heterocycles. The van der Waals surface area contributed by atoms with E-state index in [1.807, 2.05) is 67.6 Å². The summed E-state index contributed by atoms with van der Waals surface area (Å²) in [6, 6.07) is 23.0. The molecule has 0 amide bonds. The summed E-state index contributed by atoms with van der Waals surface area (Å²) in [5.41, 5.74) is 3.93. The lowest BCUT2D eigenvalue weighted by Gasteiger charge is -2.32. The zero-order valence-electron chi connectivity index (χ0n) is 19.2. The first kappa shape index (κ1) is 22.0. The number of hydrogen-bond donors (Lipinski definition) is 0. The summed E-state index contributed by atoms with van der Waals surface area (Å²) in [4.78, 5) is 19.0. The molecule has 5 aromatic rings. The topological polar surface area (TPSA) is 85.7 Å². The van der Waals surface area contributed by atoms with Crippen LogP contribution in [0, 0.1) is 18.3 Å². The molecule has 0 aliphatic carbocycles. The third-order valence-corrected chi connectivity index (χ3v) is 7.80. The van der Waals surface area contributed by atoms with Crippen molar-refractivity contribution in [1.29, 1.82) is 5.26 Å². The fraction of sp³-hybridized carbons (Fsp3) is 0.0714. The predicted molar refractivity (Wildman–Crippen MR) is 143 cm³/mol. The number of aryl methyl sites for hydroxylation is 1. The van der Waals surface area contributed by atoms with Gasteiger partial charge >= 0.3 is 0 Å². The van der Waals surface area contributed by atoms with E-state index in [4.69, 9.17) is 21.3 Å². The van der Waals surface area contributed by atoms with E-state index >= 15 is 0 Å². The lowest BCUT2D eigenvalue weighted by Crippen LogP contribution is -2.36. The van der Waals surface area contributed by atoms with Gasteiger partial charge in [0, 0.05) is 10.6 Å². The fourth-order valence-electron chi connectivity index (χ4n) is 5.58. The van der Waals surface area contributed by atoms with E-state index < -0.39 is 5.41 Å². The molecule has 2 aliphatic rings. The molecule has 7 nitrogen and oxygen atoms in total. The third kappa shape index (κ3) is 2.78. The molecule has 0 saturated carbocycles. The summed E-state index contributed by atoms with van der Waals surface area (Å²) in [7, 11) is 0. The molecule has 178 valence electrons. The Hall–Kier alpha value is -4.19. The van der Waals surface area contributed by atoms with Crippen LogP contribution in [0.3, 0.4) is 0 Å². The van der Waals surface area contributed by atoms with Crippen LogP contribution < -0.4 is 10.3 Å². The number of fused-ring (bicyclic) bond motifs is 8. The molecule has 3 aromatic carbocycles. The molecule has 37 heavy (non-hydrogen) atoms. The van der Waals surface area contributed by atoms with Crippen molar-refractivity contribution in [2.75, 3.05) is 0 Å². The highest BCUT2D eigenvalue weighted by atomic mass is 79.9. The van der Waals surface area contributed by atoms with Gasteiger partial charge < -0.3 is 4.74 Å². The van der Waals surface area contributed by atoms with Gasteiger partial charge in [-0.2, -0.15) is 14.1 Å². The molecule has 0 saturated heterocycles. The molecule has 4 heterocycles. The van der Waals surface area contributed by atoms with E-state index in [1.165, 1.54) is 9.97 Å². The quantitative estimate of drug-likeness (QED) is 0.255. The Bertz CT molecular complexity index is 1950. The Kier molecular flexibility index (Phi) is 4.56. The van der Waals surface area contributed by atoms with Crippen molar-refractivity contribution in [2.24, 2.45) is 0 Å². The highest BCUT2D eigenvalue weighted by molar-refractivity contribution is 9.08. The number of nitrogens with zero attached hydrogens (tertiary/aromatic N) is 5. The lowest BCUT2D eigenvalue weighted by atomic mass is 9.68. The van der Waals surface area contributed by atoms with Gasteiger partial charge in [-0.15, -0.1) is 0 Å². The molecular weight excluding hydrogens is 554 g/mol. The summed E-state index contributed by atoms with van der Waals surface area (Å²) in [5, 5.41) is 16.1. The standard InChI is InChI=1S/C28H15BrClN5O2/c1-15-24-26(35(29)33-15)37-14-18(13-31)28(24)21-12-17(16-5-4-6-19(30)11-16)9-10-23(21)34-25(36)20-7-2-3-8-22(20)32-27(28)34/h2-12,14H,1H3/t28-/m1/s1. The van der Waals surface area contributed by atoms with Gasteiger partial charge in [-0.25, -0.2) is 4.98 Å². The monoisotopic (exact) mass is 567 g/mol. The Labute approximate surface area is 224 Å². The number of allylic oxidation sites excluding steroid dienone is 1. The van der Waals surface area contributed by atoms with E-state index in [0.29, 0.717) is 50.1 Å². The van der Waals surface area contributed by atoms with Crippen molar-refractivity contribution in [1.82, 2.24) is 18.4 Å². The van der Waals surface area contributed by atoms with Crippen molar-refractivity contribution in [3.8, 4) is 28.8 Å². The third-order valence-electron chi connectivity index (χ3n) is 7.08. The number of hydrogen-bond acceptors (Lipinski definition) is 5. The molecular formula is C28H15BrClN5O2. The van der Waals surface area contributed by atoms with Crippen LogP contribution in [0.15, 0.2) is 83.4 Å². The molecule has 9 heteroatoms. The normalized spacial score (nSPS) is 17.1. The Balaban J connectivity index is 1.69. The maximum absolute atomic E-state index is 13.9. The summed E-state index contributed by atoms with van der Waals surface area (Å²) in [6.07, 6.45) is 1.42. The maximum Gasteiger partial charge on any atom is 0.266 e. The zero-order chi connectivity index (χ0) is 25.5. The smallest absolute Gasteiger partial charge is 0.266 e. The lowest BCUT2D eigenvalue weighted by molar-refractivity contribution is 0.415. The van der Waals surface area contributed by atoms with Gasteiger partial charge in [0.25, 0.3) is 5.56 Å². The fourth-order valence-corrected chi connectivity index (χ4v) is 6.26. The molecule has 0 unspecified atom stereocenters. The van der Waals surface area contributed by atoms with Crippen LogP contribution in [-0.2, 0) is 5.41 Å². The maximum atomic E-state index is 13.9. The number of aromatic nitrogens is 4. The molecule has 0 N–H and O–H groups in total. The Morgan fingerprint density at radius 2 is 1.89 bits per heavy atom. The van der Waals surface area contributed by atoms with Crippen molar-refractivity contribution >= 4 is 38.7 Å². The summed E-state index contributed by atoms with van der Waals surface area (Å²) >= 11 is 9.74. The number of halogens is 2. The second kappa shape index (κ2) is 7.65. The van der Waals surface area contributed by atoms with E-state index in [9.17, 15) is 10.1 Å². The van der Waals surface area contributed by atoms with E-state index in [2.05, 4.69) is 27.3 Å². The van der Waals surface area contributed by atoms with Gasteiger partial charge in [-0.05, 0) is 54.4 Å². The number of ether oxygens (including phenoxy) is 1. The Morgan fingerprint density at radius 1 is 1.08 bits per heavy atom. The minimum Gasteiger partial charge on any atom is -0.445 e. The SMILES string of the molecule is Cc1nn(Br)c2c1[C@@]1(C(C#N)=CO2)c2cc(-c3cccc(Cl)c3)ccc2-n2c1nc1ccccc1c2=O. The summed E-state index contributed by atoms with van der Waals surface area (Å²) < 4.78 is 8.96. The van der Waals surface area contributed by atoms with Crippen LogP contribution in [0.2, 0.25) is 5.02 Å². The molecule has 1 spiro atoms. The van der Waals surface area contributed by atoms with Crippen LogP contribution in [0.5, 0.6) is 5.88 Å². The van der Waals surface area contributed by atoms with Gasteiger partial charge in [0.1, 0.15) is 17.5 Å². The second-order valence-corrected chi connectivity index (χ2v) is 10.1. The molecule has 0 fully saturated rings. The molecule has 0 bridgehead atoms. The van der Waals surface area contributed by atoms with Gasteiger partial charge in [0.05, 0.1) is 55.6 Å². The number of rotatable bonds is 1. The van der Waals surface area contributed by atoms with Crippen molar-refractivity contribution in [2.45, 2.75) is 12.3 Å². The van der Waals surface area contributed by atoms with Crippen LogP contribution in [0.1, 0.15) is 22.6 Å². The number of nitriles is 1. The first-order chi connectivity index (χ1) is 17.9. The average molecular weight is 569 g/mol. The van der Waals surface area contributed by atoms with Gasteiger partial charge in [0.15, 0.2) is 0 Å². The first-order valence-electron chi connectivity index (χ1n) is 11.4. The minimum atomic E-state index is -1.22. The van der Waals surface area contributed by atoms with Gasteiger partial charge in [0.2, 0.25) is 5.88 Å². The predicted octanol–water partition coefficient (Wildman–Crippen LogP) is 5.82. The van der Waals surface area contributed by atoms with Crippen molar-refractivity contribution in [3.05, 3.63) is 117 Å². The van der Waals surface area contributed by atoms with Crippen molar-refractivity contribution < 1.29 is 4.74 Å². The minimum absolute atomic E-state index is 0.205. The zero-order valence-corrected chi connectivity index (χ0v) is 21.6. The first-order valence-corrected chi connectivity index (χ1v) is 12.5. The Morgan fingerprint density at radius 3 is 2.70 bits per heavy atom. The van der Waals surface area contributed by atoms with E-state index in [0.717, 1.165) is 16.7 Å². The molecule has 0 radical (unpaired) electrons. The van der Waals surface area contributed by atoms with Crippen LogP contribution in [-0.4, -0.2) is 18.4 Å². The number of para-hydroxylation sites is 1.